The summed E-state index contributed by atoms with van der Waals surface area (Å²) in [5.41, 5.74) is 2.98. The molecule has 6 heteroatoms. The fourth-order valence-corrected chi connectivity index (χ4v) is 3.28. The molecule has 0 saturated carbocycles. The quantitative estimate of drug-likeness (QED) is 0.891. The molecule has 1 heterocycles. The van der Waals surface area contributed by atoms with Gasteiger partial charge in [0.2, 0.25) is 11.7 Å². The van der Waals surface area contributed by atoms with Gasteiger partial charge < -0.3 is 24.2 Å². The van der Waals surface area contributed by atoms with Gasteiger partial charge in [0.25, 0.3) is 0 Å². The van der Waals surface area contributed by atoms with Gasteiger partial charge in [0.1, 0.15) is 5.75 Å². The highest BCUT2D eigenvalue weighted by atomic mass is 16.5. The van der Waals surface area contributed by atoms with Crippen LogP contribution in [0.3, 0.4) is 0 Å². The number of ether oxygens (including phenoxy) is 3. The fraction of sp³-hybridized carbons (Fsp3) is 0.350. The van der Waals surface area contributed by atoms with E-state index in [0.29, 0.717) is 30.3 Å². The van der Waals surface area contributed by atoms with Gasteiger partial charge in [-0.25, -0.2) is 0 Å². The van der Waals surface area contributed by atoms with Crippen LogP contribution in [0.25, 0.3) is 0 Å². The number of benzene rings is 2. The molecule has 138 valence electrons. The number of rotatable bonds is 5. The highest BCUT2D eigenvalue weighted by Crippen LogP contribution is 2.38. The number of phenols is 1. The van der Waals surface area contributed by atoms with Crippen molar-refractivity contribution in [3.8, 4) is 23.0 Å². The number of nitrogens with zero attached hydrogens (tertiary/aromatic N) is 1. The zero-order chi connectivity index (χ0) is 18.7. The van der Waals surface area contributed by atoms with Crippen molar-refractivity contribution in [1.82, 2.24) is 4.90 Å². The van der Waals surface area contributed by atoms with Crippen molar-refractivity contribution in [2.75, 3.05) is 27.9 Å². The number of fused-ring (bicyclic) bond motifs is 1. The molecule has 6 nitrogen and oxygen atoms in total. The second-order valence-electron chi connectivity index (χ2n) is 6.23. The molecule has 0 radical (unpaired) electrons. The SMILES string of the molecule is COc1cc(CC(=O)N2CCc3cc(O)ccc3C2)cc(OC)c1OC. The maximum atomic E-state index is 12.8. The molecule has 0 bridgehead atoms. The number of hydrogen-bond acceptors (Lipinski definition) is 5. The van der Waals surface area contributed by atoms with Crippen LogP contribution < -0.4 is 14.2 Å². The molecule has 2 aromatic rings. The molecule has 0 fully saturated rings. The number of phenolic OH excluding ortho intramolecular Hbond substituents is 1. The van der Waals surface area contributed by atoms with E-state index in [4.69, 9.17) is 14.2 Å². The lowest BCUT2D eigenvalue weighted by Gasteiger charge is -2.29. The van der Waals surface area contributed by atoms with Gasteiger partial charge in [-0.05, 0) is 47.4 Å². The van der Waals surface area contributed by atoms with Crippen LogP contribution in [0.5, 0.6) is 23.0 Å². The van der Waals surface area contributed by atoms with Crippen LogP contribution in [-0.4, -0.2) is 43.8 Å². The molecule has 0 aliphatic carbocycles. The van der Waals surface area contributed by atoms with E-state index in [-0.39, 0.29) is 18.1 Å². The van der Waals surface area contributed by atoms with Crippen molar-refractivity contribution in [3.63, 3.8) is 0 Å². The Balaban J connectivity index is 1.77. The van der Waals surface area contributed by atoms with Crippen LogP contribution in [-0.2, 0) is 24.2 Å². The molecular weight excluding hydrogens is 334 g/mol. The van der Waals surface area contributed by atoms with Crippen molar-refractivity contribution in [2.24, 2.45) is 0 Å². The highest BCUT2D eigenvalue weighted by Gasteiger charge is 2.22. The molecule has 0 spiro atoms. The summed E-state index contributed by atoms with van der Waals surface area (Å²) >= 11 is 0. The molecule has 2 aromatic carbocycles. The molecule has 1 N–H and O–H groups in total. The van der Waals surface area contributed by atoms with E-state index < -0.39 is 0 Å². The summed E-state index contributed by atoms with van der Waals surface area (Å²) in [4.78, 5) is 14.6. The molecule has 0 atom stereocenters. The molecule has 0 saturated heterocycles. The highest BCUT2D eigenvalue weighted by molar-refractivity contribution is 5.79. The Hall–Kier alpha value is -2.89. The van der Waals surface area contributed by atoms with E-state index in [1.54, 1.807) is 45.6 Å². The monoisotopic (exact) mass is 357 g/mol. The largest absolute Gasteiger partial charge is 0.508 e. The van der Waals surface area contributed by atoms with Crippen molar-refractivity contribution < 1.29 is 24.1 Å². The third-order valence-electron chi connectivity index (χ3n) is 4.63. The van der Waals surface area contributed by atoms with Gasteiger partial charge in [0, 0.05) is 13.1 Å². The Labute approximate surface area is 152 Å². The average Bonchev–Trinajstić information content (AvgIpc) is 2.66. The molecule has 1 aliphatic rings. The second-order valence-corrected chi connectivity index (χ2v) is 6.23. The molecule has 3 rings (SSSR count). The third kappa shape index (κ3) is 3.54. The van der Waals surface area contributed by atoms with E-state index in [0.717, 1.165) is 23.1 Å². The van der Waals surface area contributed by atoms with E-state index in [1.807, 2.05) is 11.0 Å². The van der Waals surface area contributed by atoms with Crippen molar-refractivity contribution in [1.29, 1.82) is 0 Å². The molecule has 1 aliphatic heterocycles. The molecular formula is C20H23NO5. The molecule has 26 heavy (non-hydrogen) atoms. The first-order valence-electron chi connectivity index (χ1n) is 8.43. The van der Waals surface area contributed by atoms with Gasteiger partial charge in [0.15, 0.2) is 11.5 Å². The van der Waals surface area contributed by atoms with Crippen LogP contribution in [0, 0.1) is 0 Å². The second kappa shape index (κ2) is 7.56. The number of hydrogen-bond donors (Lipinski definition) is 1. The maximum Gasteiger partial charge on any atom is 0.227 e. The van der Waals surface area contributed by atoms with Crippen LogP contribution in [0.15, 0.2) is 30.3 Å². The summed E-state index contributed by atoms with van der Waals surface area (Å²) in [6, 6.07) is 8.91. The number of aromatic hydroxyl groups is 1. The minimum atomic E-state index is 0.0398. The predicted molar refractivity (Wildman–Crippen MR) is 97.0 cm³/mol. The van der Waals surface area contributed by atoms with Gasteiger partial charge in [-0.3, -0.25) is 4.79 Å². The number of carbonyl (C=O) groups excluding carboxylic acids is 1. The molecule has 0 unspecified atom stereocenters. The summed E-state index contributed by atoms with van der Waals surface area (Å²) < 4.78 is 16.0. The maximum absolute atomic E-state index is 12.8. The standard InChI is InChI=1S/C20H23NO5/c1-24-17-8-13(9-18(25-2)20(17)26-3)10-19(23)21-7-6-14-11-16(22)5-4-15(14)12-21/h4-5,8-9,11,22H,6-7,10,12H2,1-3H3. The Morgan fingerprint density at radius 3 is 2.35 bits per heavy atom. The van der Waals surface area contributed by atoms with E-state index >= 15 is 0 Å². The first-order valence-corrected chi connectivity index (χ1v) is 8.43. The summed E-state index contributed by atoms with van der Waals surface area (Å²) in [7, 11) is 4.66. The number of amides is 1. The lowest BCUT2D eigenvalue weighted by Crippen LogP contribution is -2.36. The molecule has 1 amide bonds. The summed E-state index contributed by atoms with van der Waals surface area (Å²) in [6.45, 7) is 1.19. The Bertz CT molecular complexity index is 793. The van der Waals surface area contributed by atoms with Crippen molar-refractivity contribution in [2.45, 2.75) is 19.4 Å². The first kappa shape index (κ1) is 17.9. The van der Waals surface area contributed by atoms with Gasteiger partial charge in [-0.2, -0.15) is 0 Å². The zero-order valence-electron chi connectivity index (χ0n) is 15.2. The van der Waals surface area contributed by atoms with Crippen molar-refractivity contribution in [3.05, 3.63) is 47.0 Å². The van der Waals surface area contributed by atoms with Crippen LogP contribution in [0.2, 0.25) is 0 Å². The average molecular weight is 357 g/mol. The van der Waals surface area contributed by atoms with Gasteiger partial charge in [-0.15, -0.1) is 0 Å². The fourth-order valence-electron chi connectivity index (χ4n) is 3.28. The van der Waals surface area contributed by atoms with Gasteiger partial charge >= 0.3 is 0 Å². The van der Waals surface area contributed by atoms with E-state index in [1.165, 1.54) is 0 Å². The summed E-state index contributed by atoms with van der Waals surface area (Å²) in [6.07, 6.45) is 0.995. The Kier molecular flexibility index (Phi) is 5.21. The molecule has 0 aromatic heterocycles. The lowest BCUT2D eigenvalue weighted by atomic mass is 9.98. The van der Waals surface area contributed by atoms with E-state index in [9.17, 15) is 9.90 Å². The smallest absolute Gasteiger partial charge is 0.227 e. The Morgan fingerprint density at radius 2 is 1.73 bits per heavy atom. The number of methoxy groups -OCH3 is 3. The van der Waals surface area contributed by atoms with Gasteiger partial charge in [-0.1, -0.05) is 6.07 Å². The Morgan fingerprint density at radius 1 is 1.04 bits per heavy atom. The van der Waals surface area contributed by atoms with Gasteiger partial charge in [0.05, 0.1) is 27.8 Å². The minimum Gasteiger partial charge on any atom is -0.508 e. The summed E-state index contributed by atoms with van der Waals surface area (Å²) in [5, 5.41) is 9.59. The zero-order valence-corrected chi connectivity index (χ0v) is 15.2. The first-order chi connectivity index (χ1) is 12.5. The third-order valence-corrected chi connectivity index (χ3v) is 4.63. The minimum absolute atomic E-state index is 0.0398. The van der Waals surface area contributed by atoms with Crippen LogP contribution in [0.1, 0.15) is 16.7 Å². The topological polar surface area (TPSA) is 68.2 Å². The van der Waals surface area contributed by atoms with Crippen LogP contribution >= 0.6 is 0 Å². The predicted octanol–water partition coefficient (Wildman–Crippen LogP) is 2.55. The summed E-state index contributed by atoms with van der Waals surface area (Å²) in [5.74, 6) is 1.89. The van der Waals surface area contributed by atoms with E-state index in [2.05, 4.69) is 0 Å². The lowest BCUT2D eigenvalue weighted by molar-refractivity contribution is -0.131. The normalized spacial score (nSPS) is 13.1. The van der Waals surface area contributed by atoms with Crippen LogP contribution in [0.4, 0.5) is 0 Å². The van der Waals surface area contributed by atoms with Crippen molar-refractivity contribution >= 4 is 5.91 Å². The number of carbonyl (C=O) groups is 1.